The fourth-order valence-corrected chi connectivity index (χ4v) is 2.85. The second kappa shape index (κ2) is 8.22. The van der Waals surface area contributed by atoms with Crippen molar-refractivity contribution in [3.8, 4) is 5.69 Å². The zero-order valence-electron chi connectivity index (χ0n) is 15.5. The molecule has 0 aliphatic rings. The van der Waals surface area contributed by atoms with Crippen LogP contribution in [0.5, 0.6) is 0 Å². The number of carbonyl (C=O) groups is 1. The highest BCUT2D eigenvalue weighted by molar-refractivity contribution is 6.31. The second-order valence-electron chi connectivity index (χ2n) is 6.19. The van der Waals surface area contributed by atoms with E-state index >= 15 is 0 Å². The Morgan fingerprint density at radius 2 is 1.86 bits per heavy atom. The van der Waals surface area contributed by atoms with E-state index in [-0.39, 0.29) is 18.8 Å². The molecule has 0 spiro atoms. The van der Waals surface area contributed by atoms with Crippen LogP contribution < -0.4 is 16.6 Å². The number of aryl methyl sites for hydroxylation is 1. The van der Waals surface area contributed by atoms with Gasteiger partial charge < -0.3 is 5.32 Å². The van der Waals surface area contributed by atoms with E-state index in [1.54, 1.807) is 25.1 Å². The molecule has 3 rings (SSSR count). The summed E-state index contributed by atoms with van der Waals surface area (Å²) in [5.41, 5.74) is 0.377. The molecule has 3 aromatic rings. The minimum absolute atomic E-state index is 0.110. The Bertz CT molecular complexity index is 1140. The van der Waals surface area contributed by atoms with Crippen LogP contribution >= 0.6 is 11.6 Å². The molecule has 1 heterocycles. The number of hydrogen-bond acceptors (Lipinski definition) is 4. The quantitative estimate of drug-likeness (QED) is 0.714. The molecule has 0 aliphatic carbocycles. The molecule has 28 heavy (non-hydrogen) atoms. The molecular formula is C20H19ClN4O3. The van der Waals surface area contributed by atoms with Gasteiger partial charge in [0, 0.05) is 18.1 Å². The maximum Gasteiger partial charge on any atom is 0.352 e. The minimum Gasteiger partial charge on any atom is -0.346 e. The van der Waals surface area contributed by atoms with Gasteiger partial charge in [-0.05, 0) is 37.1 Å². The van der Waals surface area contributed by atoms with Crippen molar-refractivity contribution in [3.05, 3.63) is 91.2 Å². The van der Waals surface area contributed by atoms with Gasteiger partial charge in [0.2, 0.25) is 5.69 Å². The van der Waals surface area contributed by atoms with E-state index in [2.05, 4.69) is 10.4 Å². The highest BCUT2D eigenvalue weighted by Crippen LogP contribution is 2.18. The Morgan fingerprint density at radius 1 is 1.14 bits per heavy atom. The number of rotatable bonds is 5. The van der Waals surface area contributed by atoms with Gasteiger partial charge in [0.1, 0.15) is 0 Å². The predicted octanol–water partition coefficient (Wildman–Crippen LogP) is 2.31. The van der Waals surface area contributed by atoms with Gasteiger partial charge in [-0.2, -0.15) is 9.78 Å². The van der Waals surface area contributed by atoms with E-state index in [9.17, 15) is 14.4 Å². The maximum absolute atomic E-state index is 12.7. The summed E-state index contributed by atoms with van der Waals surface area (Å²) in [6.45, 7) is 3.83. The van der Waals surface area contributed by atoms with Crippen LogP contribution in [0, 0.1) is 6.92 Å². The molecule has 0 unspecified atom stereocenters. The molecule has 0 aliphatic heterocycles. The van der Waals surface area contributed by atoms with Gasteiger partial charge in [-0.1, -0.05) is 48.0 Å². The SMILES string of the molecule is CCn1c(=O)c(C(=O)NCc2ccccc2)nn(-c2ccc(C)c(Cl)c2)c1=O. The van der Waals surface area contributed by atoms with Crippen LogP contribution in [0.2, 0.25) is 5.02 Å². The first-order chi connectivity index (χ1) is 13.4. The van der Waals surface area contributed by atoms with E-state index in [4.69, 9.17) is 11.6 Å². The molecule has 2 aromatic carbocycles. The van der Waals surface area contributed by atoms with E-state index < -0.39 is 17.2 Å². The zero-order valence-corrected chi connectivity index (χ0v) is 16.2. The molecule has 1 amide bonds. The monoisotopic (exact) mass is 398 g/mol. The largest absolute Gasteiger partial charge is 0.352 e. The van der Waals surface area contributed by atoms with Gasteiger partial charge >= 0.3 is 5.69 Å². The van der Waals surface area contributed by atoms with Crippen molar-refractivity contribution < 1.29 is 4.79 Å². The standard InChI is InChI=1S/C20H19ClN4O3/c1-3-24-19(27)17(18(26)22-12-14-7-5-4-6-8-14)23-25(20(24)28)15-10-9-13(2)16(21)11-15/h4-11H,3,12H2,1-2H3,(H,22,26). The molecule has 1 N–H and O–H groups in total. The first kappa shape index (κ1) is 19.6. The van der Waals surface area contributed by atoms with Crippen molar-refractivity contribution in [1.29, 1.82) is 0 Å². The number of halogens is 1. The Balaban J connectivity index is 2.03. The normalized spacial score (nSPS) is 10.7. The van der Waals surface area contributed by atoms with Gasteiger partial charge in [0.05, 0.1) is 5.69 Å². The minimum atomic E-state index is -0.729. The van der Waals surface area contributed by atoms with Gasteiger partial charge in [-0.25, -0.2) is 4.79 Å². The predicted molar refractivity (Wildman–Crippen MR) is 107 cm³/mol. The van der Waals surface area contributed by atoms with Crippen LogP contribution in [-0.4, -0.2) is 20.3 Å². The molecule has 7 nitrogen and oxygen atoms in total. The third-order valence-corrected chi connectivity index (χ3v) is 4.69. The lowest BCUT2D eigenvalue weighted by molar-refractivity contribution is 0.0941. The number of amides is 1. The van der Waals surface area contributed by atoms with Crippen molar-refractivity contribution in [2.75, 3.05) is 0 Å². The Labute approximate surface area is 166 Å². The van der Waals surface area contributed by atoms with Gasteiger partial charge in [-0.3, -0.25) is 14.2 Å². The summed E-state index contributed by atoms with van der Waals surface area (Å²) in [6.07, 6.45) is 0. The summed E-state index contributed by atoms with van der Waals surface area (Å²) in [6, 6.07) is 14.3. The number of nitrogens with one attached hydrogen (secondary N) is 1. The molecule has 8 heteroatoms. The van der Waals surface area contributed by atoms with Crippen molar-refractivity contribution in [2.45, 2.75) is 26.9 Å². The molecule has 0 saturated heterocycles. The molecule has 0 atom stereocenters. The molecule has 0 saturated carbocycles. The molecule has 0 bridgehead atoms. The van der Waals surface area contributed by atoms with Crippen LogP contribution in [0.25, 0.3) is 5.69 Å². The third-order valence-electron chi connectivity index (χ3n) is 4.29. The van der Waals surface area contributed by atoms with Gasteiger partial charge in [-0.15, -0.1) is 0 Å². The summed E-state index contributed by atoms with van der Waals surface area (Å²) >= 11 is 6.15. The average molecular weight is 399 g/mol. The van der Waals surface area contributed by atoms with Gasteiger partial charge in [0.15, 0.2) is 0 Å². The summed E-state index contributed by atoms with van der Waals surface area (Å²) in [5, 5.41) is 7.16. The average Bonchev–Trinajstić information content (AvgIpc) is 2.70. The van der Waals surface area contributed by atoms with Crippen LogP contribution in [-0.2, 0) is 13.1 Å². The van der Waals surface area contributed by atoms with Crippen molar-refractivity contribution in [2.24, 2.45) is 0 Å². The summed E-state index contributed by atoms with van der Waals surface area (Å²) in [7, 11) is 0. The molecule has 1 aromatic heterocycles. The first-order valence-corrected chi connectivity index (χ1v) is 9.13. The lowest BCUT2D eigenvalue weighted by Crippen LogP contribution is -2.45. The van der Waals surface area contributed by atoms with Crippen LogP contribution in [0.3, 0.4) is 0 Å². The zero-order chi connectivity index (χ0) is 20.3. The first-order valence-electron chi connectivity index (χ1n) is 8.75. The number of aromatic nitrogens is 3. The van der Waals surface area contributed by atoms with E-state index in [1.165, 1.54) is 0 Å². The topological polar surface area (TPSA) is 86.0 Å². The molecule has 0 radical (unpaired) electrons. The maximum atomic E-state index is 12.7. The Kier molecular flexibility index (Phi) is 5.75. The lowest BCUT2D eigenvalue weighted by atomic mass is 10.2. The second-order valence-corrected chi connectivity index (χ2v) is 6.60. The highest BCUT2D eigenvalue weighted by atomic mass is 35.5. The molecular weight excluding hydrogens is 380 g/mol. The van der Waals surface area contributed by atoms with Crippen LogP contribution in [0.4, 0.5) is 0 Å². The number of carbonyl (C=O) groups excluding carboxylic acids is 1. The van der Waals surface area contributed by atoms with E-state index in [0.29, 0.717) is 10.7 Å². The van der Waals surface area contributed by atoms with Crippen molar-refractivity contribution >= 4 is 17.5 Å². The smallest absolute Gasteiger partial charge is 0.346 e. The third kappa shape index (κ3) is 3.89. The Morgan fingerprint density at radius 3 is 2.50 bits per heavy atom. The summed E-state index contributed by atoms with van der Waals surface area (Å²) < 4.78 is 1.99. The highest BCUT2D eigenvalue weighted by Gasteiger charge is 2.19. The fraction of sp³-hybridized carbons (Fsp3) is 0.200. The van der Waals surface area contributed by atoms with E-state index in [0.717, 1.165) is 20.4 Å². The molecule has 144 valence electrons. The van der Waals surface area contributed by atoms with Crippen LogP contribution in [0.15, 0.2) is 58.1 Å². The molecule has 0 fully saturated rings. The van der Waals surface area contributed by atoms with E-state index in [1.807, 2.05) is 37.3 Å². The number of hydrogen-bond donors (Lipinski definition) is 1. The lowest BCUT2D eigenvalue weighted by Gasteiger charge is -2.12. The van der Waals surface area contributed by atoms with Crippen molar-refractivity contribution in [3.63, 3.8) is 0 Å². The number of nitrogens with zero attached hydrogens (tertiary/aromatic N) is 3. The fourth-order valence-electron chi connectivity index (χ4n) is 2.68. The Hall–Kier alpha value is -3.19. The summed E-state index contributed by atoms with van der Waals surface area (Å²) in [5.74, 6) is -0.650. The van der Waals surface area contributed by atoms with Gasteiger partial charge in [0.25, 0.3) is 11.5 Å². The summed E-state index contributed by atoms with van der Waals surface area (Å²) in [4.78, 5) is 37.8. The van der Waals surface area contributed by atoms with Crippen LogP contribution in [0.1, 0.15) is 28.5 Å². The number of benzene rings is 2. The van der Waals surface area contributed by atoms with Crippen molar-refractivity contribution in [1.82, 2.24) is 19.7 Å².